The smallest absolute Gasteiger partial charge is 0.408 e. The molecule has 1 saturated carbocycles. The zero-order chi connectivity index (χ0) is 18.4. The van der Waals surface area contributed by atoms with Gasteiger partial charge in [-0.15, -0.1) is 0 Å². The summed E-state index contributed by atoms with van der Waals surface area (Å²) in [6, 6.07) is 8.81. The molecule has 1 amide bonds. The summed E-state index contributed by atoms with van der Waals surface area (Å²) in [5.74, 6) is 1.58. The minimum absolute atomic E-state index is 0.315. The molecule has 4 aliphatic heterocycles. The molecule has 2 unspecified atom stereocenters. The van der Waals surface area contributed by atoms with Gasteiger partial charge in [0.05, 0.1) is 5.54 Å². The van der Waals surface area contributed by atoms with Crippen LogP contribution in [0, 0.1) is 17.8 Å². The maximum absolute atomic E-state index is 12.6. The zero-order valence-electron chi connectivity index (χ0n) is 16.3. The van der Waals surface area contributed by atoms with Gasteiger partial charge in [-0.05, 0) is 68.2 Å². The fourth-order valence-corrected chi connectivity index (χ4v) is 7.09. The van der Waals surface area contributed by atoms with Crippen LogP contribution in [0.5, 0.6) is 0 Å². The van der Waals surface area contributed by atoms with Gasteiger partial charge in [0.2, 0.25) is 0 Å². The summed E-state index contributed by atoms with van der Waals surface area (Å²) in [6.45, 7) is 4.15. The van der Waals surface area contributed by atoms with Crippen molar-refractivity contribution in [2.24, 2.45) is 17.8 Å². The summed E-state index contributed by atoms with van der Waals surface area (Å²) < 4.78 is 0. The van der Waals surface area contributed by atoms with Crippen LogP contribution in [0.4, 0.5) is 4.79 Å². The molecule has 1 aromatic carbocycles. The second-order valence-corrected chi connectivity index (χ2v) is 9.25. The van der Waals surface area contributed by atoms with E-state index in [9.17, 15) is 9.90 Å². The van der Waals surface area contributed by atoms with Crippen molar-refractivity contribution in [3.63, 3.8) is 0 Å². The minimum atomic E-state index is -0.702. The first-order valence-corrected chi connectivity index (χ1v) is 11.0. The SMILES string of the molecule is O=C(O)N1CCc2ccccc2C1(C1CCCCC1)C1CN2CCC1CC2. The van der Waals surface area contributed by atoms with Crippen molar-refractivity contribution in [3.05, 3.63) is 35.4 Å². The van der Waals surface area contributed by atoms with E-state index in [1.165, 1.54) is 69.2 Å². The first-order valence-electron chi connectivity index (χ1n) is 11.0. The molecule has 0 radical (unpaired) electrons. The van der Waals surface area contributed by atoms with Gasteiger partial charge in [-0.25, -0.2) is 4.79 Å². The average Bonchev–Trinajstić information content (AvgIpc) is 2.74. The molecule has 4 heterocycles. The van der Waals surface area contributed by atoms with Gasteiger partial charge in [0.15, 0.2) is 0 Å². The van der Waals surface area contributed by atoms with Crippen LogP contribution in [-0.2, 0) is 12.0 Å². The molecule has 1 N–H and O–H groups in total. The second-order valence-electron chi connectivity index (χ2n) is 9.25. The molecular weight excluding hydrogens is 336 g/mol. The van der Waals surface area contributed by atoms with Crippen molar-refractivity contribution >= 4 is 6.09 Å². The Morgan fingerprint density at radius 1 is 1.00 bits per heavy atom. The van der Waals surface area contributed by atoms with E-state index in [0.29, 0.717) is 24.3 Å². The molecule has 1 aliphatic carbocycles. The largest absolute Gasteiger partial charge is 0.465 e. The Kier molecular flexibility index (Phi) is 4.42. The highest BCUT2D eigenvalue weighted by Gasteiger charge is 2.58. The van der Waals surface area contributed by atoms with E-state index in [2.05, 4.69) is 29.2 Å². The number of carbonyl (C=O) groups is 1. The van der Waals surface area contributed by atoms with Crippen molar-refractivity contribution in [1.82, 2.24) is 9.80 Å². The third-order valence-corrected chi connectivity index (χ3v) is 8.18. The molecule has 3 saturated heterocycles. The molecule has 4 fully saturated rings. The third kappa shape index (κ3) is 2.63. The summed E-state index contributed by atoms with van der Waals surface area (Å²) in [6.07, 6.45) is 8.82. The van der Waals surface area contributed by atoms with Gasteiger partial charge in [0.1, 0.15) is 0 Å². The molecule has 4 nitrogen and oxygen atoms in total. The molecular formula is C23H32N2O2. The molecule has 5 aliphatic rings. The number of hydrogen-bond acceptors (Lipinski definition) is 2. The number of amides is 1. The summed E-state index contributed by atoms with van der Waals surface area (Å²) in [7, 11) is 0. The fourth-order valence-electron chi connectivity index (χ4n) is 7.09. The lowest BCUT2D eigenvalue weighted by Crippen LogP contribution is -2.67. The fraction of sp³-hybridized carbons (Fsp3) is 0.696. The number of nitrogens with zero attached hydrogens (tertiary/aromatic N) is 2. The van der Waals surface area contributed by atoms with E-state index in [1.807, 2.05) is 4.90 Å². The number of piperidine rings is 3. The molecule has 4 heteroatoms. The quantitative estimate of drug-likeness (QED) is 0.844. The molecule has 6 rings (SSSR count). The van der Waals surface area contributed by atoms with Crippen molar-refractivity contribution < 1.29 is 9.90 Å². The summed E-state index contributed by atoms with van der Waals surface area (Å²) in [4.78, 5) is 17.1. The highest BCUT2D eigenvalue weighted by molar-refractivity contribution is 5.68. The van der Waals surface area contributed by atoms with Crippen molar-refractivity contribution in [1.29, 1.82) is 0 Å². The highest BCUT2D eigenvalue weighted by atomic mass is 16.4. The van der Waals surface area contributed by atoms with Crippen molar-refractivity contribution in [2.45, 2.75) is 56.9 Å². The Morgan fingerprint density at radius 3 is 2.41 bits per heavy atom. The van der Waals surface area contributed by atoms with Gasteiger partial charge in [-0.3, -0.25) is 4.90 Å². The van der Waals surface area contributed by atoms with Crippen LogP contribution in [0.3, 0.4) is 0 Å². The second kappa shape index (κ2) is 6.80. The highest BCUT2D eigenvalue weighted by Crippen LogP contribution is 2.56. The molecule has 0 spiro atoms. The van der Waals surface area contributed by atoms with Crippen LogP contribution >= 0.6 is 0 Å². The van der Waals surface area contributed by atoms with Crippen LogP contribution in [-0.4, -0.2) is 47.2 Å². The Balaban J connectivity index is 1.71. The van der Waals surface area contributed by atoms with Crippen LogP contribution in [0.15, 0.2) is 24.3 Å². The van der Waals surface area contributed by atoms with Crippen LogP contribution in [0.1, 0.15) is 56.1 Å². The van der Waals surface area contributed by atoms with Gasteiger partial charge < -0.3 is 10.0 Å². The Morgan fingerprint density at radius 2 is 1.74 bits per heavy atom. The van der Waals surface area contributed by atoms with Gasteiger partial charge >= 0.3 is 6.09 Å². The summed E-state index contributed by atoms with van der Waals surface area (Å²) in [5, 5.41) is 10.3. The first kappa shape index (κ1) is 17.5. The Hall–Kier alpha value is -1.55. The number of benzene rings is 1. The molecule has 2 atom stereocenters. The lowest BCUT2D eigenvalue weighted by Gasteiger charge is -2.61. The van der Waals surface area contributed by atoms with E-state index in [4.69, 9.17) is 0 Å². The lowest BCUT2D eigenvalue weighted by molar-refractivity contribution is -0.0978. The van der Waals surface area contributed by atoms with E-state index in [1.54, 1.807) is 0 Å². The van der Waals surface area contributed by atoms with Crippen LogP contribution < -0.4 is 0 Å². The third-order valence-electron chi connectivity index (χ3n) is 8.18. The number of fused-ring (bicyclic) bond motifs is 4. The maximum Gasteiger partial charge on any atom is 0.408 e. The number of hydrogen-bond donors (Lipinski definition) is 1. The lowest BCUT2D eigenvalue weighted by atomic mass is 9.56. The van der Waals surface area contributed by atoms with Crippen LogP contribution in [0.2, 0.25) is 0 Å². The average molecular weight is 369 g/mol. The normalized spacial score (nSPS) is 36.4. The topological polar surface area (TPSA) is 43.8 Å². The van der Waals surface area contributed by atoms with E-state index in [-0.39, 0.29) is 5.54 Å². The van der Waals surface area contributed by atoms with E-state index < -0.39 is 6.09 Å². The van der Waals surface area contributed by atoms with E-state index in [0.717, 1.165) is 13.0 Å². The number of rotatable bonds is 2. The summed E-state index contributed by atoms with van der Waals surface area (Å²) in [5.41, 5.74) is 2.44. The predicted octanol–water partition coefficient (Wildman–Crippen LogP) is 4.34. The standard InChI is InChI=1S/C23H32N2O2/c26-22(27)25-15-12-17-6-4-5-9-20(17)23(25,19-7-2-1-3-8-19)21-16-24-13-10-18(21)11-14-24/h4-6,9,18-19,21H,1-3,7-8,10-16H2,(H,26,27). The molecule has 146 valence electrons. The molecule has 27 heavy (non-hydrogen) atoms. The van der Waals surface area contributed by atoms with Gasteiger partial charge in [0.25, 0.3) is 0 Å². The van der Waals surface area contributed by atoms with Crippen molar-refractivity contribution in [3.8, 4) is 0 Å². The van der Waals surface area contributed by atoms with Crippen molar-refractivity contribution in [2.75, 3.05) is 26.2 Å². The Labute approximate surface area is 162 Å². The predicted molar refractivity (Wildman–Crippen MR) is 106 cm³/mol. The summed E-state index contributed by atoms with van der Waals surface area (Å²) >= 11 is 0. The van der Waals surface area contributed by atoms with Gasteiger partial charge in [-0.2, -0.15) is 0 Å². The Bertz CT molecular complexity index is 706. The monoisotopic (exact) mass is 368 g/mol. The van der Waals surface area contributed by atoms with Crippen LogP contribution in [0.25, 0.3) is 0 Å². The van der Waals surface area contributed by atoms with Gasteiger partial charge in [0, 0.05) is 19.0 Å². The maximum atomic E-state index is 12.6. The first-order chi connectivity index (χ1) is 13.2. The molecule has 0 aromatic heterocycles. The molecule has 1 aromatic rings. The molecule has 2 bridgehead atoms. The minimum Gasteiger partial charge on any atom is -0.465 e. The van der Waals surface area contributed by atoms with Gasteiger partial charge in [-0.1, -0.05) is 43.5 Å². The number of carboxylic acid groups (broad SMARTS) is 1. The zero-order valence-corrected chi connectivity index (χ0v) is 16.3. The van der Waals surface area contributed by atoms with E-state index >= 15 is 0 Å².